The van der Waals surface area contributed by atoms with Crippen molar-refractivity contribution in [2.75, 3.05) is 31.6 Å². The summed E-state index contributed by atoms with van der Waals surface area (Å²) in [6.07, 6.45) is 4.50. The van der Waals surface area contributed by atoms with E-state index < -0.39 is 0 Å². The second kappa shape index (κ2) is 7.94. The molecule has 1 N–H and O–H groups in total. The fraction of sp³-hybridized carbons (Fsp3) is 0.714. The Labute approximate surface area is 115 Å². The average Bonchev–Trinajstić information content (AvgIpc) is 2.37. The summed E-state index contributed by atoms with van der Waals surface area (Å²) in [4.78, 5) is 18.8. The van der Waals surface area contributed by atoms with E-state index in [1.807, 2.05) is 7.05 Å². The Morgan fingerprint density at radius 1 is 1.42 bits per heavy atom. The van der Waals surface area contributed by atoms with Gasteiger partial charge in [0.25, 0.3) is 5.56 Å². The van der Waals surface area contributed by atoms with E-state index in [0.29, 0.717) is 11.7 Å². The fourth-order valence-electron chi connectivity index (χ4n) is 2.03. The van der Waals surface area contributed by atoms with Crippen LogP contribution in [0.1, 0.15) is 27.2 Å². The zero-order valence-corrected chi connectivity index (χ0v) is 12.5. The summed E-state index contributed by atoms with van der Waals surface area (Å²) in [5.41, 5.74) is 0.0146. The van der Waals surface area contributed by atoms with E-state index in [2.05, 4.69) is 36.0 Å². The van der Waals surface area contributed by atoms with Crippen molar-refractivity contribution < 1.29 is 0 Å². The van der Waals surface area contributed by atoms with Gasteiger partial charge in [0.15, 0.2) is 5.82 Å². The Morgan fingerprint density at radius 2 is 2.16 bits per heavy atom. The van der Waals surface area contributed by atoms with Gasteiger partial charge >= 0.3 is 0 Å². The molecule has 0 aliphatic rings. The van der Waals surface area contributed by atoms with Crippen LogP contribution in [-0.2, 0) is 6.54 Å². The molecule has 0 bridgehead atoms. The van der Waals surface area contributed by atoms with E-state index in [1.54, 1.807) is 17.0 Å². The summed E-state index contributed by atoms with van der Waals surface area (Å²) < 4.78 is 1.76. The fourth-order valence-corrected chi connectivity index (χ4v) is 2.03. The smallest absolute Gasteiger partial charge is 0.293 e. The Hall–Kier alpha value is -1.36. The average molecular weight is 266 g/mol. The van der Waals surface area contributed by atoms with E-state index in [0.717, 1.165) is 32.6 Å². The van der Waals surface area contributed by atoms with Crippen molar-refractivity contribution in [2.24, 2.45) is 5.92 Å². The van der Waals surface area contributed by atoms with Gasteiger partial charge in [-0.05, 0) is 19.4 Å². The first-order valence-corrected chi connectivity index (χ1v) is 7.05. The molecule has 5 heteroatoms. The second-order valence-electron chi connectivity index (χ2n) is 5.19. The second-order valence-corrected chi connectivity index (χ2v) is 5.19. The molecule has 0 aliphatic carbocycles. The Bertz CT molecular complexity index is 428. The molecule has 19 heavy (non-hydrogen) atoms. The number of likely N-dealkylation sites (N-methyl/N-ethyl adjacent to an activating group) is 1. The van der Waals surface area contributed by atoms with Gasteiger partial charge in [-0.1, -0.05) is 20.8 Å². The predicted molar refractivity (Wildman–Crippen MR) is 79.8 cm³/mol. The maximum atomic E-state index is 12.4. The summed E-state index contributed by atoms with van der Waals surface area (Å²) in [5, 5.41) is 3.11. The van der Waals surface area contributed by atoms with E-state index in [4.69, 9.17) is 0 Å². The minimum atomic E-state index is 0.0146. The number of hydrogen-bond acceptors (Lipinski definition) is 4. The Kier molecular flexibility index (Phi) is 6.56. The lowest BCUT2D eigenvalue weighted by molar-refractivity contribution is 0.507. The Morgan fingerprint density at radius 3 is 2.74 bits per heavy atom. The molecule has 0 fully saturated rings. The molecule has 5 nitrogen and oxygen atoms in total. The van der Waals surface area contributed by atoms with Gasteiger partial charge in [-0.15, -0.1) is 0 Å². The highest BCUT2D eigenvalue weighted by Gasteiger charge is 2.13. The highest BCUT2D eigenvalue weighted by Crippen LogP contribution is 2.05. The van der Waals surface area contributed by atoms with E-state index in [-0.39, 0.29) is 5.56 Å². The SMILES string of the molecule is CCCN(CCNC)c1nccn(CC(C)C)c1=O. The number of nitrogens with one attached hydrogen (secondary N) is 1. The van der Waals surface area contributed by atoms with Gasteiger partial charge in [-0.3, -0.25) is 4.79 Å². The largest absolute Gasteiger partial charge is 0.351 e. The summed E-state index contributed by atoms with van der Waals surface area (Å²) >= 11 is 0. The number of hydrogen-bond donors (Lipinski definition) is 1. The van der Waals surface area contributed by atoms with Crippen LogP contribution in [0.15, 0.2) is 17.2 Å². The van der Waals surface area contributed by atoms with Crippen molar-refractivity contribution in [3.8, 4) is 0 Å². The molecule has 0 spiro atoms. The number of nitrogens with zero attached hydrogens (tertiary/aromatic N) is 3. The first kappa shape index (κ1) is 15.7. The molecule has 0 amide bonds. The van der Waals surface area contributed by atoms with Gasteiger partial charge in [0, 0.05) is 38.6 Å². The molecule has 1 heterocycles. The summed E-state index contributed by atoms with van der Waals surface area (Å²) in [7, 11) is 1.92. The van der Waals surface area contributed by atoms with Crippen molar-refractivity contribution in [3.63, 3.8) is 0 Å². The van der Waals surface area contributed by atoms with Gasteiger partial charge in [0.05, 0.1) is 0 Å². The molecular formula is C14H26N4O. The van der Waals surface area contributed by atoms with Gasteiger partial charge < -0.3 is 14.8 Å². The highest BCUT2D eigenvalue weighted by atomic mass is 16.1. The third-order valence-electron chi connectivity index (χ3n) is 2.88. The lowest BCUT2D eigenvalue weighted by atomic mass is 10.2. The van der Waals surface area contributed by atoms with E-state index in [9.17, 15) is 4.79 Å². The van der Waals surface area contributed by atoms with Gasteiger partial charge in [-0.2, -0.15) is 0 Å². The highest BCUT2D eigenvalue weighted by molar-refractivity contribution is 5.35. The Balaban J connectivity index is 2.98. The number of aromatic nitrogens is 2. The van der Waals surface area contributed by atoms with Gasteiger partial charge in [0.2, 0.25) is 0 Å². The maximum Gasteiger partial charge on any atom is 0.293 e. The predicted octanol–water partition coefficient (Wildman–Crippen LogP) is 1.34. The molecule has 108 valence electrons. The minimum absolute atomic E-state index is 0.0146. The van der Waals surface area contributed by atoms with Crippen molar-refractivity contribution in [1.29, 1.82) is 0 Å². The lowest BCUT2D eigenvalue weighted by Crippen LogP contribution is -2.38. The standard InChI is InChI=1S/C14H26N4O/c1-5-8-17(9-6-15-4)13-14(19)18(10-7-16-13)11-12(2)3/h7,10,12,15H,5-6,8-9,11H2,1-4H3. The van der Waals surface area contributed by atoms with Crippen LogP contribution in [-0.4, -0.2) is 36.2 Å². The summed E-state index contributed by atoms with van der Waals surface area (Å²) in [6, 6.07) is 0. The number of anilines is 1. The quantitative estimate of drug-likeness (QED) is 0.771. The van der Waals surface area contributed by atoms with Crippen molar-refractivity contribution in [2.45, 2.75) is 33.7 Å². The zero-order valence-electron chi connectivity index (χ0n) is 12.5. The van der Waals surface area contributed by atoms with Crippen LogP contribution < -0.4 is 15.8 Å². The molecule has 0 aliphatic heterocycles. The van der Waals surface area contributed by atoms with Crippen LogP contribution in [0, 0.1) is 5.92 Å². The first-order valence-electron chi connectivity index (χ1n) is 7.05. The van der Waals surface area contributed by atoms with Crippen LogP contribution in [0.25, 0.3) is 0 Å². The van der Waals surface area contributed by atoms with Crippen LogP contribution in [0.2, 0.25) is 0 Å². The van der Waals surface area contributed by atoms with Crippen molar-refractivity contribution in [3.05, 3.63) is 22.7 Å². The normalized spacial score (nSPS) is 11.0. The van der Waals surface area contributed by atoms with Crippen molar-refractivity contribution in [1.82, 2.24) is 14.9 Å². The topological polar surface area (TPSA) is 50.2 Å². The molecule has 0 atom stereocenters. The molecule has 0 aromatic carbocycles. The third kappa shape index (κ3) is 4.67. The monoisotopic (exact) mass is 266 g/mol. The summed E-state index contributed by atoms with van der Waals surface area (Å²) in [5.74, 6) is 1.02. The van der Waals surface area contributed by atoms with Gasteiger partial charge in [0.1, 0.15) is 0 Å². The zero-order chi connectivity index (χ0) is 14.3. The van der Waals surface area contributed by atoms with Gasteiger partial charge in [-0.25, -0.2) is 4.98 Å². The molecule has 1 rings (SSSR count). The molecule has 1 aromatic rings. The minimum Gasteiger partial charge on any atom is -0.351 e. The number of rotatable bonds is 8. The molecular weight excluding hydrogens is 240 g/mol. The molecule has 0 saturated heterocycles. The van der Waals surface area contributed by atoms with E-state index >= 15 is 0 Å². The van der Waals surface area contributed by atoms with Crippen LogP contribution in [0.5, 0.6) is 0 Å². The molecule has 1 aromatic heterocycles. The first-order chi connectivity index (χ1) is 9.10. The molecule has 0 radical (unpaired) electrons. The lowest BCUT2D eigenvalue weighted by Gasteiger charge is -2.23. The van der Waals surface area contributed by atoms with Crippen LogP contribution >= 0.6 is 0 Å². The van der Waals surface area contributed by atoms with Crippen LogP contribution in [0.4, 0.5) is 5.82 Å². The third-order valence-corrected chi connectivity index (χ3v) is 2.88. The summed E-state index contributed by atoms with van der Waals surface area (Å²) in [6.45, 7) is 9.57. The van der Waals surface area contributed by atoms with Crippen LogP contribution in [0.3, 0.4) is 0 Å². The van der Waals surface area contributed by atoms with E-state index in [1.165, 1.54) is 0 Å². The maximum absolute atomic E-state index is 12.4. The molecule has 0 unspecified atom stereocenters. The molecule has 0 saturated carbocycles. The van der Waals surface area contributed by atoms with Crippen molar-refractivity contribution >= 4 is 5.82 Å².